The zero-order valence-electron chi connectivity index (χ0n) is 12.1. The van der Waals surface area contributed by atoms with Crippen LogP contribution in [0.2, 0.25) is 0 Å². The Labute approximate surface area is 136 Å². The molecule has 0 aliphatic carbocycles. The maximum atomic E-state index is 13.1. The monoisotopic (exact) mass is 356 g/mol. The first kappa shape index (κ1) is 15.5. The summed E-state index contributed by atoms with van der Waals surface area (Å²) in [6.07, 6.45) is -2.09. The molecular formula is C15H11F3N2O3S. The Morgan fingerprint density at radius 1 is 1.25 bits per heavy atom. The molecule has 0 radical (unpaired) electrons. The fourth-order valence-electron chi connectivity index (χ4n) is 3.65. The zero-order chi connectivity index (χ0) is 17.3. The number of ether oxygens (including phenoxy) is 1. The third-order valence-electron chi connectivity index (χ3n) is 4.69. The van der Waals surface area contributed by atoms with Crippen LogP contribution in [0, 0.1) is 12.5 Å². The van der Waals surface area contributed by atoms with Crippen LogP contribution in [-0.4, -0.2) is 32.4 Å². The Kier molecular flexibility index (Phi) is 3.06. The predicted molar refractivity (Wildman–Crippen MR) is 79.1 cm³/mol. The number of alkyl halides is 3. The number of halogens is 3. The average Bonchev–Trinajstić information content (AvgIpc) is 3.18. The van der Waals surface area contributed by atoms with Gasteiger partial charge in [0.1, 0.15) is 5.25 Å². The fourth-order valence-corrected chi connectivity index (χ4v) is 5.91. The molecule has 4 rings (SSSR count). The molecule has 0 spiro atoms. The highest BCUT2D eigenvalue weighted by atomic mass is 32.2. The van der Waals surface area contributed by atoms with Gasteiger partial charge < -0.3 is 4.74 Å². The summed E-state index contributed by atoms with van der Waals surface area (Å²) in [6.45, 7) is 6.93. The van der Waals surface area contributed by atoms with Gasteiger partial charge >= 0.3 is 6.18 Å². The molecule has 4 atom stereocenters. The number of anilines is 1. The van der Waals surface area contributed by atoms with Crippen LogP contribution < -0.4 is 4.31 Å². The molecule has 0 saturated carbocycles. The van der Waals surface area contributed by atoms with Crippen LogP contribution in [0.5, 0.6) is 0 Å². The van der Waals surface area contributed by atoms with Crippen LogP contribution in [0.1, 0.15) is 5.56 Å². The van der Waals surface area contributed by atoms with E-state index < -0.39 is 38.8 Å². The van der Waals surface area contributed by atoms with E-state index in [0.717, 1.165) is 16.4 Å². The molecule has 1 aromatic carbocycles. The van der Waals surface area contributed by atoms with Gasteiger partial charge in [-0.1, -0.05) is 18.2 Å². The van der Waals surface area contributed by atoms with Crippen molar-refractivity contribution in [3.05, 3.63) is 47.3 Å². The lowest BCUT2D eigenvalue weighted by Crippen LogP contribution is -2.35. The molecule has 2 fully saturated rings. The molecule has 9 heteroatoms. The standard InChI is InChI=1S/C15H11F3N2O3S/c1-19-11-3-2-8(6-10(11)15(16,17)18)20-7-9-12-4-5-13(23-12)14(9)24(20,21)22/h2-6,9,12-14H,7H2/t9-,12-,13+,14-/m1/s1. The van der Waals surface area contributed by atoms with E-state index in [-0.39, 0.29) is 24.3 Å². The summed E-state index contributed by atoms with van der Waals surface area (Å²) in [7, 11) is -3.82. The third kappa shape index (κ3) is 1.99. The first-order chi connectivity index (χ1) is 11.2. The van der Waals surface area contributed by atoms with Crippen molar-refractivity contribution in [2.24, 2.45) is 5.92 Å². The first-order valence-electron chi connectivity index (χ1n) is 7.17. The van der Waals surface area contributed by atoms with Crippen molar-refractivity contribution in [2.45, 2.75) is 23.6 Å². The minimum Gasteiger partial charge on any atom is -0.365 e. The highest BCUT2D eigenvalue weighted by Gasteiger charge is 2.59. The van der Waals surface area contributed by atoms with E-state index in [9.17, 15) is 21.6 Å². The van der Waals surface area contributed by atoms with Crippen molar-refractivity contribution in [2.75, 3.05) is 10.8 Å². The third-order valence-corrected chi connectivity index (χ3v) is 6.97. The fraction of sp³-hybridized carbons (Fsp3) is 0.400. The number of sulfonamides is 1. The summed E-state index contributed by atoms with van der Waals surface area (Å²) >= 11 is 0. The SMILES string of the molecule is [C-]#[N+]c1ccc(N2C[C@H]3[C@H]([C@@H]4C=C[C@H]3O4)S2(=O)=O)cc1C(F)(F)F. The summed E-state index contributed by atoms with van der Waals surface area (Å²) in [6, 6.07) is 3.00. The smallest absolute Gasteiger partial charge is 0.365 e. The van der Waals surface area contributed by atoms with Crippen LogP contribution in [0.15, 0.2) is 30.4 Å². The summed E-state index contributed by atoms with van der Waals surface area (Å²) in [4.78, 5) is 2.86. The Morgan fingerprint density at radius 3 is 2.58 bits per heavy atom. The molecule has 24 heavy (non-hydrogen) atoms. The van der Waals surface area contributed by atoms with Gasteiger partial charge in [0, 0.05) is 18.2 Å². The molecule has 2 saturated heterocycles. The Morgan fingerprint density at radius 2 is 1.96 bits per heavy atom. The molecule has 126 valence electrons. The molecule has 0 unspecified atom stereocenters. The van der Waals surface area contributed by atoms with E-state index in [1.54, 1.807) is 12.2 Å². The first-order valence-corrected chi connectivity index (χ1v) is 8.68. The molecule has 0 N–H and O–H groups in total. The maximum Gasteiger partial charge on any atom is 0.407 e. The lowest BCUT2D eigenvalue weighted by atomic mass is 9.94. The van der Waals surface area contributed by atoms with Crippen LogP contribution in [0.25, 0.3) is 4.85 Å². The number of nitrogens with zero attached hydrogens (tertiary/aromatic N) is 2. The van der Waals surface area contributed by atoms with E-state index >= 15 is 0 Å². The number of rotatable bonds is 1. The largest absolute Gasteiger partial charge is 0.407 e. The summed E-state index contributed by atoms with van der Waals surface area (Å²) < 4.78 is 71.4. The highest BCUT2D eigenvalue weighted by molar-refractivity contribution is 7.93. The van der Waals surface area contributed by atoms with Crippen LogP contribution in [0.3, 0.4) is 0 Å². The molecule has 0 amide bonds. The summed E-state index contributed by atoms with van der Waals surface area (Å²) in [5, 5.41) is -0.762. The predicted octanol–water partition coefficient (Wildman–Crippen LogP) is 2.73. The molecule has 3 aliphatic heterocycles. The minimum atomic E-state index is -4.72. The lowest BCUT2D eigenvalue weighted by Gasteiger charge is -2.22. The van der Waals surface area contributed by atoms with Crippen molar-refractivity contribution < 1.29 is 26.3 Å². The number of hydrogen-bond donors (Lipinski definition) is 0. The summed E-state index contributed by atoms with van der Waals surface area (Å²) in [5.41, 5.74) is -1.74. The van der Waals surface area contributed by atoms with Gasteiger partial charge in [0.15, 0.2) is 5.69 Å². The lowest BCUT2D eigenvalue weighted by molar-refractivity contribution is -0.136. The quantitative estimate of drug-likeness (QED) is 0.574. The summed E-state index contributed by atoms with van der Waals surface area (Å²) in [5.74, 6) is -0.292. The molecular weight excluding hydrogens is 345 g/mol. The second-order valence-corrected chi connectivity index (χ2v) is 7.98. The number of hydrogen-bond acceptors (Lipinski definition) is 3. The minimum absolute atomic E-state index is 0.0662. The van der Waals surface area contributed by atoms with Crippen molar-refractivity contribution in [3.8, 4) is 0 Å². The normalized spacial score (nSPS) is 32.8. The van der Waals surface area contributed by atoms with Crippen molar-refractivity contribution in [1.29, 1.82) is 0 Å². The van der Waals surface area contributed by atoms with E-state index in [2.05, 4.69) is 4.85 Å². The second-order valence-electron chi connectivity index (χ2n) is 5.97. The van der Waals surface area contributed by atoms with Gasteiger partial charge in [-0.3, -0.25) is 4.31 Å². The molecule has 3 heterocycles. The van der Waals surface area contributed by atoms with Crippen molar-refractivity contribution >= 4 is 21.4 Å². The zero-order valence-corrected chi connectivity index (χ0v) is 12.9. The molecule has 0 aromatic heterocycles. The molecule has 3 aliphatic rings. The van der Waals surface area contributed by atoms with Crippen molar-refractivity contribution in [1.82, 2.24) is 0 Å². The Bertz CT molecular complexity index is 888. The highest BCUT2D eigenvalue weighted by Crippen LogP contribution is 2.47. The maximum absolute atomic E-state index is 13.1. The molecule has 5 nitrogen and oxygen atoms in total. The van der Waals surface area contributed by atoms with Crippen LogP contribution in [0.4, 0.5) is 24.5 Å². The average molecular weight is 356 g/mol. The Balaban J connectivity index is 1.77. The van der Waals surface area contributed by atoms with E-state index in [0.29, 0.717) is 0 Å². The number of fused-ring (bicyclic) bond motifs is 5. The Hall–Kier alpha value is -2.05. The molecule has 2 bridgehead atoms. The molecule has 1 aromatic rings. The van der Waals surface area contributed by atoms with Gasteiger partial charge in [0.25, 0.3) is 0 Å². The van der Waals surface area contributed by atoms with E-state index in [4.69, 9.17) is 11.3 Å². The van der Waals surface area contributed by atoms with Gasteiger partial charge in [-0.05, 0) is 12.1 Å². The van der Waals surface area contributed by atoms with Crippen LogP contribution >= 0.6 is 0 Å². The topological polar surface area (TPSA) is 51.0 Å². The second kappa shape index (κ2) is 4.74. The number of benzene rings is 1. The van der Waals surface area contributed by atoms with E-state index in [1.165, 1.54) is 6.07 Å². The van der Waals surface area contributed by atoms with Crippen molar-refractivity contribution in [3.63, 3.8) is 0 Å². The van der Waals surface area contributed by atoms with Gasteiger partial charge in [-0.25, -0.2) is 13.3 Å². The van der Waals surface area contributed by atoms with Gasteiger partial charge in [0.2, 0.25) is 10.0 Å². The van der Waals surface area contributed by atoms with Gasteiger partial charge in [-0.2, -0.15) is 13.2 Å². The van der Waals surface area contributed by atoms with Gasteiger partial charge in [0.05, 0.1) is 24.3 Å². The van der Waals surface area contributed by atoms with E-state index in [1.807, 2.05) is 0 Å². The van der Waals surface area contributed by atoms with Gasteiger partial charge in [-0.15, -0.1) is 0 Å². The van der Waals surface area contributed by atoms with Crippen LogP contribution in [-0.2, 0) is 20.9 Å².